The Balaban J connectivity index is 2.45. The zero-order valence-electron chi connectivity index (χ0n) is 9.38. The van der Waals surface area contributed by atoms with E-state index in [1.807, 2.05) is 0 Å². The van der Waals surface area contributed by atoms with Gasteiger partial charge in [0.15, 0.2) is 0 Å². The van der Waals surface area contributed by atoms with Gasteiger partial charge >= 0.3 is 12.1 Å². The van der Waals surface area contributed by atoms with Gasteiger partial charge in [-0.1, -0.05) is 11.6 Å². The highest BCUT2D eigenvalue weighted by Crippen LogP contribution is 2.22. The van der Waals surface area contributed by atoms with E-state index in [1.54, 1.807) is 13.0 Å². The van der Waals surface area contributed by atoms with E-state index in [2.05, 4.69) is 4.74 Å². The minimum atomic E-state index is -4.46. The minimum Gasteiger partial charge on any atom is -0.425 e. The Kier molecular flexibility index (Phi) is 4.98. The van der Waals surface area contributed by atoms with Gasteiger partial charge < -0.3 is 9.47 Å². The first-order valence-corrected chi connectivity index (χ1v) is 5.27. The van der Waals surface area contributed by atoms with Crippen molar-refractivity contribution >= 4 is 17.6 Å². The number of carbonyl (C=O) groups excluding carboxylic acids is 1. The maximum absolute atomic E-state index is 11.7. The lowest BCUT2D eigenvalue weighted by molar-refractivity contribution is -0.178. The average Bonchev–Trinajstić information content (AvgIpc) is 2.20. The lowest BCUT2D eigenvalue weighted by atomic mass is 10.2. The van der Waals surface area contributed by atoms with Crippen molar-refractivity contribution in [2.45, 2.75) is 13.1 Å². The van der Waals surface area contributed by atoms with Crippen molar-refractivity contribution in [3.05, 3.63) is 28.8 Å². The number of rotatable bonds is 4. The smallest absolute Gasteiger partial charge is 0.411 e. The Morgan fingerprint density at radius 3 is 2.61 bits per heavy atom. The number of benzene rings is 1. The summed E-state index contributed by atoms with van der Waals surface area (Å²) in [6.45, 7) is -0.589. The molecule has 7 heteroatoms. The molecule has 1 rings (SSSR count). The molecule has 0 aliphatic heterocycles. The monoisotopic (exact) mass is 282 g/mol. The molecule has 1 aromatic carbocycles. The highest BCUT2D eigenvalue weighted by Gasteiger charge is 2.28. The van der Waals surface area contributed by atoms with Crippen molar-refractivity contribution < 1.29 is 27.4 Å². The fourth-order valence-electron chi connectivity index (χ4n) is 1.13. The molecule has 100 valence electrons. The van der Waals surface area contributed by atoms with Gasteiger partial charge in [-0.2, -0.15) is 13.2 Å². The number of hydrogen-bond donors (Lipinski definition) is 0. The Labute approximate surface area is 106 Å². The average molecular weight is 283 g/mol. The van der Waals surface area contributed by atoms with Crippen molar-refractivity contribution in [2.24, 2.45) is 0 Å². The lowest BCUT2D eigenvalue weighted by Gasteiger charge is -2.09. The van der Waals surface area contributed by atoms with Crippen LogP contribution in [0.3, 0.4) is 0 Å². The third-order valence-electron chi connectivity index (χ3n) is 1.85. The van der Waals surface area contributed by atoms with Crippen LogP contribution in [0.25, 0.3) is 0 Å². The highest BCUT2D eigenvalue weighted by atomic mass is 35.5. The molecule has 0 radical (unpaired) electrons. The van der Waals surface area contributed by atoms with E-state index < -0.39 is 25.4 Å². The number of esters is 1. The second kappa shape index (κ2) is 6.06. The molecule has 0 N–H and O–H groups in total. The molecule has 0 atom stereocenters. The molecule has 18 heavy (non-hydrogen) atoms. The molecule has 0 unspecified atom stereocenters. The molecular formula is C11H10ClF3O3. The van der Waals surface area contributed by atoms with E-state index in [1.165, 1.54) is 12.1 Å². The van der Waals surface area contributed by atoms with E-state index >= 15 is 0 Å². The van der Waals surface area contributed by atoms with Crippen LogP contribution in [0.15, 0.2) is 18.2 Å². The summed E-state index contributed by atoms with van der Waals surface area (Å²) in [6, 6.07) is 4.54. The van der Waals surface area contributed by atoms with E-state index in [4.69, 9.17) is 16.3 Å². The van der Waals surface area contributed by atoms with Crippen LogP contribution in [0.1, 0.15) is 5.56 Å². The zero-order chi connectivity index (χ0) is 13.8. The van der Waals surface area contributed by atoms with Crippen molar-refractivity contribution in [3.8, 4) is 5.75 Å². The normalized spacial score (nSPS) is 11.4. The molecule has 0 spiro atoms. The fourth-order valence-corrected chi connectivity index (χ4v) is 1.36. The maximum Gasteiger partial charge on any atom is 0.411 e. The molecule has 0 aliphatic carbocycles. The van der Waals surface area contributed by atoms with Gasteiger partial charge in [0.2, 0.25) is 0 Å². The van der Waals surface area contributed by atoms with E-state index in [9.17, 15) is 18.0 Å². The molecule has 3 nitrogen and oxygen atoms in total. The van der Waals surface area contributed by atoms with E-state index in [-0.39, 0.29) is 5.75 Å². The number of halogens is 4. The summed E-state index contributed by atoms with van der Waals surface area (Å²) >= 11 is 5.70. The molecule has 0 amide bonds. The van der Waals surface area contributed by atoms with Gasteiger partial charge in [0.1, 0.15) is 19.0 Å². The minimum absolute atomic E-state index is 0.236. The number of ether oxygens (including phenoxy) is 2. The van der Waals surface area contributed by atoms with E-state index in [0.717, 1.165) is 0 Å². The standard InChI is InChI=1S/C11H10ClF3O3/c1-7-4-8(12)2-3-9(7)18-10(16)5-17-6-11(13,14)15/h2-4H,5-6H2,1H3. The quantitative estimate of drug-likeness (QED) is 0.629. The summed E-state index contributed by atoms with van der Waals surface area (Å²) in [7, 11) is 0. The first-order valence-electron chi connectivity index (χ1n) is 4.89. The predicted octanol–water partition coefficient (Wildman–Crippen LogP) is 3.13. The largest absolute Gasteiger partial charge is 0.425 e. The van der Waals surface area contributed by atoms with Crippen LogP contribution in [0.4, 0.5) is 13.2 Å². The molecule has 0 aliphatic rings. The highest BCUT2D eigenvalue weighted by molar-refractivity contribution is 6.30. The fraction of sp³-hybridized carbons (Fsp3) is 0.364. The van der Waals surface area contributed by atoms with Gasteiger partial charge in [-0.05, 0) is 30.7 Å². The Morgan fingerprint density at radius 1 is 1.39 bits per heavy atom. The van der Waals surface area contributed by atoms with Crippen molar-refractivity contribution in [1.29, 1.82) is 0 Å². The summed E-state index contributed by atoms with van der Waals surface area (Å²) in [5.41, 5.74) is 0.603. The number of hydrogen-bond acceptors (Lipinski definition) is 3. The third-order valence-corrected chi connectivity index (χ3v) is 2.08. The Morgan fingerprint density at radius 2 is 2.06 bits per heavy atom. The van der Waals surface area contributed by atoms with Gasteiger partial charge in [0, 0.05) is 5.02 Å². The molecule has 0 heterocycles. The molecule has 1 aromatic rings. The van der Waals surface area contributed by atoms with Crippen LogP contribution in [0.5, 0.6) is 5.75 Å². The van der Waals surface area contributed by atoms with Crippen LogP contribution < -0.4 is 4.74 Å². The molecule has 0 bridgehead atoms. The summed E-state index contributed by atoms with van der Waals surface area (Å²) in [5, 5.41) is 0.473. The van der Waals surface area contributed by atoms with Gasteiger partial charge in [-0.25, -0.2) is 4.79 Å². The van der Waals surface area contributed by atoms with Crippen LogP contribution >= 0.6 is 11.6 Å². The predicted molar refractivity (Wildman–Crippen MR) is 58.7 cm³/mol. The van der Waals surface area contributed by atoms with Crippen molar-refractivity contribution in [1.82, 2.24) is 0 Å². The Bertz CT molecular complexity index is 432. The molecule has 0 saturated carbocycles. The first-order chi connectivity index (χ1) is 8.28. The number of carbonyl (C=O) groups is 1. The molecule has 0 aromatic heterocycles. The van der Waals surface area contributed by atoms with Gasteiger partial charge in [-0.15, -0.1) is 0 Å². The Hall–Kier alpha value is -1.27. The summed E-state index contributed by atoms with van der Waals surface area (Å²) in [4.78, 5) is 11.2. The molecule has 0 saturated heterocycles. The van der Waals surface area contributed by atoms with Crippen molar-refractivity contribution in [3.63, 3.8) is 0 Å². The van der Waals surface area contributed by atoms with Gasteiger partial charge in [-0.3, -0.25) is 0 Å². The second-order valence-electron chi connectivity index (χ2n) is 3.49. The van der Waals surface area contributed by atoms with Crippen LogP contribution in [0, 0.1) is 6.92 Å². The van der Waals surface area contributed by atoms with Crippen LogP contribution in [0.2, 0.25) is 5.02 Å². The topological polar surface area (TPSA) is 35.5 Å². The third kappa shape index (κ3) is 5.37. The lowest BCUT2D eigenvalue weighted by Crippen LogP contribution is -2.22. The van der Waals surface area contributed by atoms with Gasteiger partial charge in [0.05, 0.1) is 0 Å². The van der Waals surface area contributed by atoms with Gasteiger partial charge in [0.25, 0.3) is 0 Å². The molecule has 0 fully saturated rings. The summed E-state index contributed by atoms with van der Waals surface area (Å²) in [6.07, 6.45) is -4.46. The SMILES string of the molecule is Cc1cc(Cl)ccc1OC(=O)COCC(F)(F)F. The number of alkyl halides is 3. The van der Waals surface area contributed by atoms with Crippen LogP contribution in [-0.4, -0.2) is 25.4 Å². The molecular weight excluding hydrogens is 273 g/mol. The van der Waals surface area contributed by atoms with Crippen molar-refractivity contribution in [2.75, 3.05) is 13.2 Å². The van der Waals surface area contributed by atoms with Crippen LogP contribution in [-0.2, 0) is 9.53 Å². The number of aryl methyl sites for hydroxylation is 1. The maximum atomic E-state index is 11.7. The first kappa shape index (κ1) is 14.8. The zero-order valence-corrected chi connectivity index (χ0v) is 10.1. The summed E-state index contributed by atoms with van der Waals surface area (Å²) < 4.78 is 44.2. The summed E-state index contributed by atoms with van der Waals surface area (Å²) in [5.74, 6) is -0.662. The van der Waals surface area contributed by atoms with E-state index in [0.29, 0.717) is 10.6 Å². The second-order valence-corrected chi connectivity index (χ2v) is 3.93.